The highest BCUT2D eigenvalue weighted by Gasteiger charge is 2.51. The van der Waals surface area contributed by atoms with Gasteiger partial charge in [-0.25, -0.2) is 8.98 Å². The van der Waals surface area contributed by atoms with Crippen molar-refractivity contribution in [3.63, 3.8) is 0 Å². The van der Waals surface area contributed by atoms with E-state index in [9.17, 15) is 26.4 Å². The summed E-state index contributed by atoms with van der Waals surface area (Å²) in [7, 11) is -5.18. The molecule has 0 radical (unpaired) electrons. The molecule has 0 aliphatic carbocycles. The van der Waals surface area contributed by atoms with E-state index in [0.29, 0.717) is 5.57 Å². The van der Waals surface area contributed by atoms with Crippen LogP contribution in [-0.4, -0.2) is 63.3 Å². The molecule has 0 spiro atoms. The van der Waals surface area contributed by atoms with E-state index in [-0.39, 0.29) is 6.61 Å². The third-order valence-electron chi connectivity index (χ3n) is 4.02. The first-order valence-electron chi connectivity index (χ1n) is 8.20. The van der Waals surface area contributed by atoms with E-state index in [2.05, 4.69) is 15.5 Å². The number of rotatable bonds is 8. The molecule has 0 unspecified atom stereocenters. The summed E-state index contributed by atoms with van der Waals surface area (Å²) in [5.41, 5.74) is -6.56. The van der Waals surface area contributed by atoms with Crippen LogP contribution in [0, 0.1) is 0 Å². The molecular weight excluding hydrogens is 409 g/mol. The number of ether oxygens (including phenoxy) is 4. The van der Waals surface area contributed by atoms with Crippen LogP contribution in [0.5, 0.6) is 0 Å². The number of halogens is 3. The molecule has 0 aromatic carbocycles. The molecule has 8 nitrogen and oxygen atoms in total. The topological polar surface area (TPSA) is 97.4 Å². The molecule has 1 aliphatic heterocycles. The zero-order chi connectivity index (χ0) is 22.1. The van der Waals surface area contributed by atoms with Crippen LogP contribution in [-0.2, 0) is 38.0 Å². The number of carbonyl (C=O) groups is 1. The average Bonchev–Trinajstić information content (AvgIpc) is 2.89. The van der Waals surface area contributed by atoms with Crippen LogP contribution in [0.15, 0.2) is 12.2 Å². The maximum absolute atomic E-state index is 12.6. The van der Waals surface area contributed by atoms with Gasteiger partial charge in [-0.3, -0.25) is 0 Å². The predicted molar refractivity (Wildman–Crippen MR) is 90.5 cm³/mol. The van der Waals surface area contributed by atoms with Gasteiger partial charge in [0.15, 0.2) is 11.9 Å². The van der Waals surface area contributed by atoms with Crippen LogP contribution in [0.1, 0.15) is 34.6 Å². The van der Waals surface area contributed by atoms with E-state index < -0.39 is 51.3 Å². The highest BCUT2D eigenvalue weighted by molar-refractivity contribution is 7.87. The fourth-order valence-electron chi connectivity index (χ4n) is 2.46. The lowest BCUT2D eigenvalue weighted by atomic mass is 9.94. The number of carbonyl (C=O) groups excluding carboxylic acids is 1. The summed E-state index contributed by atoms with van der Waals surface area (Å²) in [4.78, 5) is 11.8. The molecule has 3 atom stereocenters. The third kappa shape index (κ3) is 5.89. The van der Waals surface area contributed by atoms with E-state index in [1.54, 1.807) is 13.8 Å². The van der Waals surface area contributed by atoms with Crippen LogP contribution in [0.4, 0.5) is 13.2 Å². The Bertz CT molecular complexity index is 699. The minimum atomic E-state index is -6.05. The normalized spacial score (nSPS) is 22.5. The van der Waals surface area contributed by atoms with Gasteiger partial charge in [0.1, 0.15) is 6.10 Å². The molecule has 0 saturated carbocycles. The lowest BCUT2D eigenvalue weighted by Crippen LogP contribution is -2.46. The standard InChI is InChI=1S/C16H25F3O8S/c1-9(11-8-24-15(5,6)26-11)14(3,4)25-10(2)12(13(20)23-7)27-28(21,22)16(17,18)19/h10-12H,1,8H2,2-7H3/t10-,11+,12+/m0/s1. The van der Waals surface area contributed by atoms with E-state index in [1.807, 2.05) is 0 Å². The van der Waals surface area contributed by atoms with Crippen molar-refractivity contribution in [3.05, 3.63) is 12.2 Å². The number of hydrogen-bond acceptors (Lipinski definition) is 8. The highest BCUT2D eigenvalue weighted by Crippen LogP contribution is 2.34. The summed E-state index contributed by atoms with van der Waals surface area (Å²) in [5.74, 6) is -2.20. The van der Waals surface area contributed by atoms with Gasteiger partial charge in [0, 0.05) is 0 Å². The minimum absolute atomic E-state index is 0.173. The second-order valence-corrected chi connectivity index (χ2v) is 8.68. The molecule has 1 saturated heterocycles. The fourth-order valence-corrected chi connectivity index (χ4v) is 3.08. The number of hydrogen-bond donors (Lipinski definition) is 0. The molecule has 28 heavy (non-hydrogen) atoms. The van der Waals surface area contributed by atoms with Crippen LogP contribution in [0.3, 0.4) is 0 Å². The summed E-state index contributed by atoms with van der Waals surface area (Å²) >= 11 is 0. The smallest absolute Gasteiger partial charge is 0.467 e. The van der Waals surface area contributed by atoms with E-state index in [1.165, 1.54) is 20.8 Å². The molecule has 1 fully saturated rings. The van der Waals surface area contributed by atoms with E-state index in [4.69, 9.17) is 14.2 Å². The Morgan fingerprint density at radius 1 is 1.29 bits per heavy atom. The van der Waals surface area contributed by atoms with Gasteiger partial charge in [-0.05, 0) is 40.2 Å². The van der Waals surface area contributed by atoms with E-state index >= 15 is 0 Å². The zero-order valence-electron chi connectivity index (χ0n) is 16.5. The van der Waals surface area contributed by atoms with Crippen LogP contribution in [0.2, 0.25) is 0 Å². The largest absolute Gasteiger partial charge is 0.523 e. The van der Waals surface area contributed by atoms with Crippen molar-refractivity contribution in [2.45, 2.75) is 69.8 Å². The molecule has 0 aromatic heterocycles. The quantitative estimate of drug-likeness (QED) is 0.248. The second kappa shape index (κ2) is 8.27. The van der Waals surface area contributed by atoms with Gasteiger partial charge in [0.2, 0.25) is 0 Å². The van der Waals surface area contributed by atoms with Gasteiger partial charge in [-0.15, -0.1) is 0 Å². The summed E-state index contributed by atoms with van der Waals surface area (Å²) in [6.07, 6.45) is -4.19. The van der Waals surface area contributed by atoms with Crippen molar-refractivity contribution >= 4 is 16.1 Å². The summed E-state index contributed by atoms with van der Waals surface area (Å²) < 4.78 is 85.6. The second-order valence-electron chi connectivity index (χ2n) is 7.12. The molecular formula is C16H25F3O8S. The van der Waals surface area contributed by atoms with Crippen molar-refractivity contribution in [1.82, 2.24) is 0 Å². The molecule has 0 aromatic rings. The van der Waals surface area contributed by atoms with Gasteiger partial charge in [0.05, 0.1) is 25.4 Å². The SMILES string of the molecule is C=C([C@H]1COC(C)(C)O1)C(C)(C)O[C@@H](C)[C@@H](OS(=O)(=O)C(F)(F)F)C(=O)OC. The zero-order valence-corrected chi connectivity index (χ0v) is 17.3. The fraction of sp³-hybridized carbons (Fsp3) is 0.812. The maximum atomic E-state index is 12.6. The molecule has 0 bridgehead atoms. The number of esters is 1. The Morgan fingerprint density at radius 2 is 1.82 bits per heavy atom. The Labute approximate surface area is 162 Å². The van der Waals surface area contributed by atoms with Crippen LogP contribution < -0.4 is 0 Å². The van der Waals surface area contributed by atoms with Crippen molar-refractivity contribution in [3.8, 4) is 0 Å². The Kier molecular flexibility index (Phi) is 7.33. The molecule has 1 aliphatic rings. The van der Waals surface area contributed by atoms with Crippen molar-refractivity contribution in [2.75, 3.05) is 13.7 Å². The molecule has 1 rings (SSSR count). The first-order chi connectivity index (χ1) is 12.4. The molecule has 164 valence electrons. The molecule has 0 N–H and O–H groups in total. The Balaban J connectivity index is 2.99. The maximum Gasteiger partial charge on any atom is 0.523 e. The Hall–Kier alpha value is -1.21. The third-order valence-corrected chi connectivity index (χ3v) is 5.05. The Morgan fingerprint density at radius 3 is 2.21 bits per heavy atom. The summed E-state index contributed by atoms with van der Waals surface area (Å²) in [6, 6.07) is 0. The van der Waals surface area contributed by atoms with Crippen molar-refractivity contribution < 1.29 is 49.5 Å². The average molecular weight is 434 g/mol. The molecule has 0 amide bonds. The number of methoxy groups -OCH3 is 1. The summed E-state index contributed by atoms with van der Waals surface area (Å²) in [6.45, 7) is 11.7. The van der Waals surface area contributed by atoms with Gasteiger partial charge >= 0.3 is 21.6 Å². The first-order valence-corrected chi connectivity index (χ1v) is 9.60. The summed E-state index contributed by atoms with van der Waals surface area (Å²) in [5, 5.41) is 0. The monoisotopic (exact) mass is 434 g/mol. The number of alkyl halides is 3. The molecule has 12 heteroatoms. The first kappa shape index (κ1) is 24.8. The minimum Gasteiger partial charge on any atom is -0.467 e. The highest BCUT2D eigenvalue weighted by atomic mass is 32.2. The van der Waals surface area contributed by atoms with Gasteiger partial charge in [-0.1, -0.05) is 6.58 Å². The lowest BCUT2D eigenvalue weighted by Gasteiger charge is -2.35. The van der Waals surface area contributed by atoms with Crippen LogP contribution in [0.25, 0.3) is 0 Å². The van der Waals surface area contributed by atoms with Gasteiger partial charge < -0.3 is 18.9 Å². The lowest BCUT2D eigenvalue weighted by molar-refractivity contribution is -0.164. The van der Waals surface area contributed by atoms with Gasteiger partial charge in [0.25, 0.3) is 0 Å². The van der Waals surface area contributed by atoms with Crippen molar-refractivity contribution in [1.29, 1.82) is 0 Å². The van der Waals surface area contributed by atoms with Crippen LogP contribution >= 0.6 is 0 Å². The predicted octanol–water partition coefficient (Wildman–Crippen LogP) is 2.29. The van der Waals surface area contributed by atoms with Crippen molar-refractivity contribution in [2.24, 2.45) is 0 Å². The molecule has 1 heterocycles. The van der Waals surface area contributed by atoms with E-state index in [0.717, 1.165) is 7.11 Å². The van der Waals surface area contributed by atoms with Gasteiger partial charge in [-0.2, -0.15) is 21.6 Å².